The monoisotopic (exact) mass is 340 g/mol. The predicted octanol–water partition coefficient (Wildman–Crippen LogP) is 0.597. The summed E-state index contributed by atoms with van der Waals surface area (Å²) in [6.45, 7) is 2.26. The zero-order chi connectivity index (χ0) is 16.8. The molecule has 0 aliphatic carbocycles. The van der Waals surface area contributed by atoms with Crippen molar-refractivity contribution in [2.24, 2.45) is 0 Å². The zero-order valence-electron chi connectivity index (χ0n) is 12.7. The van der Waals surface area contributed by atoms with Crippen LogP contribution in [0.1, 0.15) is 23.5 Å². The zero-order valence-corrected chi connectivity index (χ0v) is 13.6. The summed E-state index contributed by atoms with van der Waals surface area (Å²) in [6.07, 6.45) is -0.234. The Morgan fingerprint density at radius 1 is 1.52 bits per heavy atom. The summed E-state index contributed by atoms with van der Waals surface area (Å²) in [4.78, 5) is 22.6. The molecule has 1 aliphatic heterocycles. The van der Waals surface area contributed by atoms with Gasteiger partial charge in [-0.05, 0) is 25.0 Å². The van der Waals surface area contributed by atoms with Crippen LogP contribution < -0.4 is 10.6 Å². The van der Waals surface area contributed by atoms with Gasteiger partial charge in [-0.1, -0.05) is 12.1 Å². The number of carbonyl (C=O) groups excluding carboxylic acids is 2. The van der Waals surface area contributed by atoms with Gasteiger partial charge < -0.3 is 25.2 Å². The van der Waals surface area contributed by atoms with Crippen molar-refractivity contribution in [1.29, 1.82) is 0 Å². The van der Waals surface area contributed by atoms with E-state index in [1.807, 2.05) is 18.2 Å². The summed E-state index contributed by atoms with van der Waals surface area (Å²) in [5, 5.41) is 15.1. The number of aliphatic hydroxyl groups excluding tert-OH is 1. The average Bonchev–Trinajstić information content (AvgIpc) is 2.67. The van der Waals surface area contributed by atoms with Crippen molar-refractivity contribution in [2.45, 2.75) is 25.0 Å². The minimum atomic E-state index is -0.878. The minimum Gasteiger partial charge on any atom is -0.459 e. The Kier molecular flexibility index (Phi) is 6.26. The molecule has 2 atom stereocenters. The number of hydrogen-bond donors (Lipinski definition) is 4. The van der Waals surface area contributed by atoms with Gasteiger partial charge in [-0.2, -0.15) is 0 Å². The van der Waals surface area contributed by atoms with Gasteiger partial charge in [-0.15, -0.1) is 12.6 Å². The first kappa shape index (κ1) is 17.6. The molecule has 0 fully saturated rings. The summed E-state index contributed by atoms with van der Waals surface area (Å²) in [5.74, 6) is -1.63. The Balaban J connectivity index is 1.94. The first-order chi connectivity index (χ1) is 11.0. The number of benzene rings is 1. The largest absolute Gasteiger partial charge is 0.459 e. The van der Waals surface area contributed by atoms with Crippen molar-refractivity contribution < 1.29 is 24.2 Å². The number of hydrogen-bond acceptors (Lipinski definition) is 7. The Hall–Kier alpha value is -1.77. The number of rotatable bonds is 4. The molecule has 1 heterocycles. The van der Waals surface area contributed by atoms with E-state index >= 15 is 0 Å². The topological polar surface area (TPSA) is 96.9 Å². The molecule has 0 aromatic heterocycles. The molecule has 0 spiro atoms. The van der Waals surface area contributed by atoms with Crippen LogP contribution in [-0.2, 0) is 25.5 Å². The lowest BCUT2D eigenvalue weighted by Gasteiger charge is -2.14. The van der Waals surface area contributed by atoms with Crippen LogP contribution in [0.3, 0.4) is 0 Å². The average molecular weight is 340 g/mol. The van der Waals surface area contributed by atoms with Crippen LogP contribution >= 0.6 is 12.6 Å². The standard InChI is InChI=1S/C15H20N2O5S/c1-2-21-14(20)13(19)16-6-5-9-3-4-11-10(7-9)15(23)22-8-12(18)17-11/h3-4,7,12,15,17-18,23H,2,5-6,8H2,1H3,(H,16,19)/t12-,15-/m1/s1. The van der Waals surface area contributed by atoms with Gasteiger partial charge in [0.1, 0.15) is 11.7 Å². The number of fused-ring (bicyclic) bond motifs is 1. The van der Waals surface area contributed by atoms with Gasteiger partial charge in [0, 0.05) is 17.8 Å². The van der Waals surface area contributed by atoms with Crippen molar-refractivity contribution in [3.63, 3.8) is 0 Å². The van der Waals surface area contributed by atoms with E-state index in [9.17, 15) is 14.7 Å². The summed E-state index contributed by atoms with van der Waals surface area (Å²) in [6, 6.07) is 5.61. The highest BCUT2D eigenvalue weighted by Gasteiger charge is 2.20. The molecule has 0 unspecified atom stereocenters. The van der Waals surface area contributed by atoms with Gasteiger partial charge in [0.05, 0.1) is 13.2 Å². The molecule has 0 bridgehead atoms. The first-order valence-corrected chi connectivity index (χ1v) is 7.85. The molecule has 1 amide bonds. The molecule has 1 aliphatic rings. The second kappa shape index (κ2) is 8.19. The smallest absolute Gasteiger partial charge is 0.396 e. The van der Waals surface area contributed by atoms with Gasteiger partial charge >= 0.3 is 11.9 Å². The van der Waals surface area contributed by atoms with Gasteiger partial charge in [0.15, 0.2) is 0 Å². The highest BCUT2D eigenvalue weighted by atomic mass is 32.1. The van der Waals surface area contributed by atoms with E-state index in [0.717, 1.165) is 16.8 Å². The fourth-order valence-corrected chi connectivity index (χ4v) is 2.49. The van der Waals surface area contributed by atoms with E-state index in [1.165, 1.54) is 0 Å². The second-order valence-electron chi connectivity index (χ2n) is 4.99. The molecular weight excluding hydrogens is 320 g/mol. The molecular formula is C15H20N2O5S. The molecule has 0 radical (unpaired) electrons. The van der Waals surface area contributed by atoms with E-state index in [4.69, 9.17) is 4.74 Å². The molecule has 1 aromatic rings. The minimum absolute atomic E-state index is 0.147. The van der Waals surface area contributed by atoms with Crippen LogP contribution in [0.25, 0.3) is 0 Å². The Labute approximate surface area is 139 Å². The predicted molar refractivity (Wildman–Crippen MR) is 87.1 cm³/mol. The second-order valence-corrected chi connectivity index (χ2v) is 5.46. The molecule has 3 N–H and O–H groups in total. The molecule has 126 valence electrons. The maximum atomic E-state index is 11.4. The lowest BCUT2D eigenvalue weighted by molar-refractivity contribution is -0.154. The summed E-state index contributed by atoms with van der Waals surface area (Å²) < 4.78 is 10.0. The molecule has 0 saturated carbocycles. The van der Waals surface area contributed by atoms with Gasteiger partial charge in [0.2, 0.25) is 0 Å². The molecule has 7 nitrogen and oxygen atoms in total. The van der Waals surface area contributed by atoms with Crippen LogP contribution in [0, 0.1) is 0 Å². The lowest BCUT2D eigenvalue weighted by Crippen LogP contribution is -2.33. The number of amides is 1. The normalized spacial score (nSPS) is 20.0. The van der Waals surface area contributed by atoms with Crippen LogP contribution in [0.2, 0.25) is 0 Å². The molecule has 8 heteroatoms. The number of aliphatic hydroxyl groups is 1. The summed E-state index contributed by atoms with van der Waals surface area (Å²) >= 11 is 4.37. The molecule has 2 rings (SSSR count). The Morgan fingerprint density at radius 3 is 3.04 bits per heavy atom. The number of esters is 1. The van der Waals surface area contributed by atoms with Gasteiger partial charge in [0.25, 0.3) is 0 Å². The van der Waals surface area contributed by atoms with Gasteiger partial charge in [-0.3, -0.25) is 4.79 Å². The fraction of sp³-hybridized carbons (Fsp3) is 0.467. The number of nitrogens with one attached hydrogen (secondary N) is 2. The molecule has 23 heavy (non-hydrogen) atoms. The fourth-order valence-electron chi connectivity index (χ4n) is 2.19. The highest BCUT2D eigenvalue weighted by Crippen LogP contribution is 2.32. The highest BCUT2D eigenvalue weighted by molar-refractivity contribution is 7.80. The molecule has 1 aromatic carbocycles. The number of ether oxygens (including phenoxy) is 2. The van der Waals surface area contributed by atoms with Crippen molar-refractivity contribution >= 4 is 30.2 Å². The van der Waals surface area contributed by atoms with E-state index in [-0.39, 0.29) is 13.2 Å². The number of anilines is 1. The summed E-state index contributed by atoms with van der Waals surface area (Å²) in [5.41, 5.74) is 2.09. The van der Waals surface area contributed by atoms with E-state index in [1.54, 1.807) is 6.92 Å². The lowest BCUT2D eigenvalue weighted by atomic mass is 10.1. The van der Waals surface area contributed by atoms with Crippen molar-refractivity contribution in [3.05, 3.63) is 29.3 Å². The van der Waals surface area contributed by atoms with E-state index < -0.39 is 23.5 Å². The number of thiol groups is 1. The SMILES string of the molecule is CCOC(=O)C(=O)NCCc1ccc2c(c1)[C@@H](S)OC[C@@H](O)N2. The van der Waals surface area contributed by atoms with Gasteiger partial charge in [-0.25, -0.2) is 4.79 Å². The van der Waals surface area contributed by atoms with E-state index in [0.29, 0.717) is 13.0 Å². The third-order valence-electron chi connectivity index (χ3n) is 3.28. The van der Waals surface area contributed by atoms with Crippen LogP contribution in [0.4, 0.5) is 5.69 Å². The third-order valence-corrected chi connectivity index (χ3v) is 3.70. The van der Waals surface area contributed by atoms with Crippen molar-refractivity contribution in [1.82, 2.24) is 5.32 Å². The van der Waals surface area contributed by atoms with Crippen LogP contribution in [-0.4, -0.2) is 43.0 Å². The number of carbonyl (C=O) groups is 2. The quantitative estimate of drug-likeness (QED) is 0.364. The maximum Gasteiger partial charge on any atom is 0.396 e. The Morgan fingerprint density at radius 2 is 2.30 bits per heavy atom. The Bertz CT molecular complexity index is 581. The third kappa shape index (κ3) is 4.85. The van der Waals surface area contributed by atoms with Crippen molar-refractivity contribution in [3.8, 4) is 0 Å². The van der Waals surface area contributed by atoms with Crippen molar-refractivity contribution in [2.75, 3.05) is 25.1 Å². The van der Waals surface area contributed by atoms with Crippen LogP contribution in [0.5, 0.6) is 0 Å². The van der Waals surface area contributed by atoms with E-state index in [2.05, 4.69) is 28.0 Å². The first-order valence-electron chi connectivity index (χ1n) is 7.33. The summed E-state index contributed by atoms with van der Waals surface area (Å²) in [7, 11) is 0. The van der Waals surface area contributed by atoms with Crippen LogP contribution in [0.15, 0.2) is 18.2 Å². The molecule has 0 saturated heterocycles. The maximum absolute atomic E-state index is 11.4.